The summed E-state index contributed by atoms with van der Waals surface area (Å²) < 4.78 is 0. The molecule has 0 aromatic rings. The average molecular weight is 264 g/mol. The molecule has 1 spiro atoms. The van der Waals surface area contributed by atoms with E-state index in [-0.39, 0.29) is 5.91 Å². The zero-order valence-corrected chi connectivity index (χ0v) is 11.3. The van der Waals surface area contributed by atoms with Gasteiger partial charge in [0.25, 0.3) is 0 Å². The maximum Gasteiger partial charge on any atom is 0.330 e. The lowest BCUT2D eigenvalue weighted by atomic mass is 9.71. The molecule has 5 nitrogen and oxygen atoms in total. The van der Waals surface area contributed by atoms with E-state index in [2.05, 4.69) is 5.32 Å². The zero-order valence-electron chi connectivity index (χ0n) is 11.3. The van der Waals surface area contributed by atoms with E-state index >= 15 is 0 Å². The number of urea groups is 1. The first-order valence-electron chi connectivity index (χ1n) is 6.90. The van der Waals surface area contributed by atoms with E-state index in [4.69, 9.17) is 0 Å². The number of imide groups is 2. The average Bonchev–Trinajstić information content (AvgIpc) is 2.42. The number of amides is 4. The lowest BCUT2D eigenvalue weighted by molar-refractivity contribution is -0.153. The third-order valence-electron chi connectivity index (χ3n) is 4.02. The summed E-state index contributed by atoms with van der Waals surface area (Å²) in [6.45, 7) is 2.23. The summed E-state index contributed by atoms with van der Waals surface area (Å²) in [4.78, 5) is 37.6. The second kappa shape index (κ2) is 5.55. The summed E-state index contributed by atoms with van der Waals surface area (Å²) in [5.41, 5.74) is -0.984. The Morgan fingerprint density at radius 3 is 2.53 bits per heavy atom. The first-order valence-corrected chi connectivity index (χ1v) is 6.90. The van der Waals surface area contributed by atoms with Gasteiger partial charge in [0.05, 0.1) is 0 Å². The maximum absolute atomic E-state index is 12.5. The number of carbonyl (C=O) groups is 3. The molecule has 1 saturated heterocycles. The number of rotatable bonds is 3. The highest BCUT2D eigenvalue weighted by Gasteiger charge is 2.53. The van der Waals surface area contributed by atoms with Crippen LogP contribution in [-0.2, 0) is 9.59 Å². The molecule has 1 heterocycles. The predicted molar refractivity (Wildman–Crippen MR) is 70.2 cm³/mol. The molecule has 0 aromatic heterocycles. The number of nitrogens with zero attached hydrogens (tertiary/aromatic N) is 1. The van der Waals surface area contributed by atoms with E-state index < -0.39 is 17.4 Å². The standard InChI is InChI=1S/C14H20N2O3/c1-2-3-7-10-16-12(18)14(8-5-4-6-9-14)11(17)15-13(16)19/h2-3H,4-10H2,1H3,(H,15,17,19)/b3-2+. The first kappa shape index (κ1) is 13.8. The van der Waals surface area contributed by atoms with Crippen LogP contribution < -0.4 is 5.32 Å². The molecule has 2 fully saturated rings. The largest absolute Gasteiger partial charge is 0.330 e. The molecular weight excluding hydrogens is 244 g/mol. The molecule has 0 aromatic carbocycles. The van der Waals surface area contributed by atoms with Gasteiger partial charge in [-0.3, -0.25) is 19.8 Å². The Hall–Kier alpha value is -1.65. The first-order chi connectivity index (χ1) is 9.12. The summed E-state index contributed by atoms with van der Waals surface area (Å²) in [7, 11) is 0. The summed E-state index contributed by atoms with van der Waals surface area (Å²) in [5, 5.41) is 2.35. The van der Waals surface area contributed by atoms with Gasteiger partial charge in [-0.25, -0.2) is 4.79 Å². The number of hydrogen-bond acceptors (Lipinski definition) is 3. The van der Waals surface area contributed by atoms with Crippen LogP contribution in [0.2, 0.25) is 0 Å². The molecule has 1 N–H and O–H groups in total. The number of hydrogen-bond donors (Lipinski definition) is 1. The molecule has 5 heteroatoms. The molecule has 1 aliphatic carbocycles. The van der Waals surface area contributed by atoms with Crippen molar-refractivity contribution in [2.24, 2.45) is 5.41 Å². The van der Waals surface area contributed by atoms with Gasteiger partial charge < -0.3 is 0 Å². The molecule has 1 aliphatic heterocycles. The highest BCUT2D eigenvalue weighted by molar-refractivity contribution is 6.19. The smallest absolute Gasteiger partial charge is 0.277 e. The second-order valence-corrected chi connectivity index (χ2v) is 5.22. The Bertz CT molecular complexity index is 422. The third kappa shape index (κ3) is 2.41. The van der Waals surface area contributed by atoms with Crippen molar-refractivity contribution in [3.05, 3.63) is 12.2 Å². The van der Waals surface area contributed by atoms with Gasteiger partial charge in [0.1, 0.15) is 5.41 Å². The van der Waals surface area contributed by atoms with Crippen LogP contribution in [0.4, 0.5) is 4.79 Å². The van der Waals surface area contributed by atoms with Crippen molar-refractivity contribution in [1.82, 2.24) is 10.2 Å². The van der Waals surface area contributed by atoms with Gasteiger partial charge in [0.15, 0.2) is 0 Å². The Balaban J connectivity index is 2.18. The van der Waals surface area contributed by atoms with E-state index in [0.717, 1.165) is 19.3 Å². The molecular formula is C14H20N2O3. The quantitative estimate of drug-likeness (QED) is 0.626. The van der Waals surface area contributed by atoms with Gasteiger partial charge in [-0.1, -0.05) is 31.4 Å². The van der Waals surface area contributed by atoms with E-state index in [0.29, 0.717) is 25.8 Å². The summed E-state index contributed by atoms with van der Waals surface area (Å²) in [5.74, 6) is -0.699. The molecule has 104 valence electrons. The molecule has 0 bridgehead atoms. The van der Waals surface area contributed by atoms with Gasteiger partial charge in [-0.15, -0.1) is 0 Å². The normalized spacial score (nSPS) is 23.2. The fourth-order valence-corrected chi connectivity index (χ4v) is 2.90. The number of allylic oxidation sites excluding steroid dienone is 1. The maximum atomic E-state index is 12.5. The van der Waals surface area contributed by atoms with Crippen molar-refractivity contribution in [3.63, 3.8) is 0 Å². The molecule has 0 radical (unpaired) electrons. The Kier molecular flexibility index (Phi) is 4.02. The fraction of sp³-hybridized carbons (Fsp3) is 0.643. The highest BCUT2D eigenvalue weighted by Crippen LogP contribution is 2.40. The molecule has 4 amide bonds. The lowest BCUT2D eigenvalue weighted by Crippen LogP contribution is -2.64. The monoisotopic (exact) mass is 264 g/mol. The van der Waals surface area contributed by atoms with Gasteiger partial charge in [0, 0.05) is 6.54 Å². The Labute approximate surface area is 113 Å². The van der Waals surface area contributed by atoms with E-state index in [9.17, 15) is 14.4 Å². The second-order valence-electron chi connectivity index (χ2n) is 5.22. The van der Waals surface area contributed by atoms with Crippen molar-refractivity contribution >= 4 is 17.8 Å². The minimum atomic E-state index is -0.984. The molecule has 0 atom stereocenters. The Morgan fingerprint density at radius 1 is 1.21 bits per heavy atom. The fourth-order valence-electron chi connectivity index (χ4n) is 2.90. The minimum absolute atomic E-state index is 0.301. The lowest BCUT2D eigenvalue weighted by Gasteiger charge is -2.41. The minimum Gasteiger partial charge on any atom is -0.277 e. The van der Waals surface area contributed by atoms with Gasteiger partial charge in [-0.05, 0) is 26.2 Å². The van der Waals surface area contributed by atoms with Crippen LogP contribution in [0.5, 0.6) is 0 Å². The van der Waals surface area contributed by atoms with Crippen LogP contribution in [0.25, 0.3) is 0 Å². The third-order valence-corrected chi connectivity index (χ3v) is 4.02. The van der Waals surface area contributed by atoms with Crippen LogP contribution in [0.3, 0.4) is 0 Å². The molecule has 2 rings (SSSR count). The van der Waals surface area contributed by atoms with Crippen molar-refractivity contribution in [3.8, 4) is 0 Å². The SMILES string of the molecule is C/C=C/CCN1C(=O)NC(=O)C2(CCCCC2)C1=O. The Morgan fingerprint density at radius 2 is 1.89 bits per heavy atom. The van der Waals surface area contributed by atoms with Crippen LogP contribution >= 0.6 is 0 Å². The summed E-state index contributed by atoms with van der Waals surface area (Å²) in [6.07, 6.45) is 8.33. The van der Waals surface area contributed by atoms with Gasteiger partial charge in [-0.2, -0.15) is 0 Å². The van der Waals surface area contributed by atoms with Crippen molar-refractivity contribution < 1.29 is 14.4 Å². The number of barbiturate groups is 1. The van der Waals surface area contributed by atoms with Crippen LogP contribution in [-0.4, -0.2) is 29.3 Å². The summed E-state index contributed by atoms with van der Waals surface area (Å²) >= 11 is 0. The van der Waals surface area contributed by atoms with E-state index in [1.54, 1.807) is 0 Å². The van der Waals surface area contributed by atoms with Crippen LogP contribution in [0.15, 0.2) is 12.2 Å². The van der Waals surface area contributed by atoms with Crippen molar-refractivity contribution in [2.45, 2.75) is 45.4 Å². The van der Waals surface area contributed by atoms with Crippen molar-refractivity contribution in [2.75, 3.05) is 6.54 Å². The van der Waals surface area contributed by atoms with Crippen LogP contribution in [0.1, 0.15) is 45.4 Å². The van der Waals surface area contributed by atoms with Crippen LogP contribution in [0, 0.1) is 5.41 Å². The van der Waals surface area contributed by atoms with E-state index in [1.807, 2.05) is 19.1 Å². The predicted octanol–water partition coefficient (Wildman–Crippen LogP) is 1.98. The van der Waals surface area contributed by atoms with Gasteiger partial charge in [0.2, 0.25) is 11.8 Å². The summed E-state index contributed by atoms with van der Waals surface area (Å²) in [6, 6.07) is -0.573. The van der Waals surface area contributed by atoms with Crippen molar-refractivity contribution in [1.29, 1.82) is 0 Å². The molecule has 0 unspecified atom stereocenters. The van der Waals surface area contributed by atoms with Gasteiger partial charge >= 0.3 is 6.03 Å². The zero-order chi connectivity index (χ0) is 13.9. The molecule has 19 heavy (non-hydrogen) atoms. The number of carbonyl (C=O) groups excluding carboxylic acids is 3. The highest BCUT2D eigenvalue weighted by atomic mass is 16.2. The topological polar surface area (TPSA) is 66.5 Å². The molecule has 2 aliphatic rings. The van der Waals surface area contributed by atoms with E-state index in [1.165, 1.54) is 4.90 Å². The molecule has 1 saturated carbocycles. The number of nitrogens with one attached hydrogen (secondary N) is 1.